The summed E-state index contributed by atoms with van der Waals surface area (Å²) in [5.74, 6) is -0.0303. The number of ether oxygens (including phenoxy) is 1. The van der Waals surface area contributed by atoms with Crippen LogP contribution >= 0.6 is 0 Å². The second-order valence-corrected chi connectivity index (χ2v) is 11.9. The summed E-state index contributed by atoms with van der Waals surface area (Å²) in [6.07, 6.45) is 5.96. The molecule has 2 aliphatic rings. The molecule has 3 atom stereocenters. The molecule has 246 valence electrons. The predicted octanol–water partition coefficient (Wildman–Crippen LogP) is 5.89. The minimum Gasteiger partial charge on any atom is -0.453 e. The average molecular weight is 646 g/mol. The van der Waals surface area contributed by atoms with Crippen LogP contribution in [-0.2, 0) is 14.3 Å². The minimum absolute atomic E-state index is 0.0701. The van der Waals surface area contributed by atoms with E-state index in [0.717, 1.165) is 19.3 Å². The zero-order valence-electron chi connectivity index (χ0n) is 26.5. The Hall–Kier alpha value is -5.07. The summed E-state index contributed by atoms with van der Waals surface area (Å²) in [7, 11) is 1.23. The van der Waals surface area contributed by atoms with Crippen LogP contribution in [0.4, 0.5) is 13.6 Å². The van der Waals surface area contributed by atoms with Crippen LogP contribution in [0.5, 0.6) is 0 Å². The lowest BCUT2D eigenvalue weighted by molar-refractivity contribution is -0.134. The van der Waals surface area contributed by atoms with Gasteiger partial charge in [-0.3, -0.25) is 9.59 Å². The molecule has 0 spiro atoms. The van der Waals surface area contributed by atoms with Crippen molar-refractivity contribution in [3.8, 4) is 33.6 Å². The number of H-pyrrole nitrogens is 2. The monoisotopic (exact) mass is 645 g/mol. The molecule has 2 aromatic heterocycles. The molecule has 47 heavy (non-hydrogen) atoms. The SMILES string of the molecule is CCC(=O)N1CCC[C@H]1c1ncc(-c2ccc(-c3ccc(-c4cnc([C@@H]5CCCN5C(=O)[C@H](C)NC(=O)OC)[nH]4)c(F)c3)cc2F)[nH]1. The maximum Gasteiger partial charge on any atom is 0.407 e. The van der Waals surface area contributed by atoms with Gasteiger partial charge >= 0.3 is 6.09 Å². The molecule has 6 rings (SSSR count). The highest BCUT2D eigenvalue weighted by Gasteiger charge is 2.35. The molecule has 13 heteroatoms. The Labute approximate surface area is 270 Å². The van der Waals surface area contributed by atoms with Crippen molar-refractivity contribution in [1.82, 2.24) is 35.1 Å². The smallest absolute Gasteiger partial charge is 0.407 e. The van der Waals surface area contributed by atoms with Crippen LogP contribution in [0, 0.1) is 11.6 Å². The number of aromatic amines is 2. The van der Waals surface area contributed by atoms with Gasteiger partial charge in [0.25, 0.3) is 0 Å². The van der Waals surface area contributed by atoms with E-state index in [0.29, 0.717) is 65.7 Å². The number of likely N-dealkylation sites (tertiary alicyclic amines) is 2. The molecule has 0 aliphatic carbocycles. The zero-order chi connectivity index (χ0) is 33.2. The Bertz CT molecular complexity index is 1800. The van der Waals surface area contributed by atoms with Crippen molar-refractivity contribution >= 4 is 17.9 Å². The van der Waals surface area contributed by atoms with Gasteiger partial charge in [0.05, 0.1) is 43.0 Å². The van der Waals surface area contributed by atoms with E-state index in [-0.39, 0.29) is 29.5 Å². The molecular formula is C34H37F2N7O4. The van der Waals surface area contributed by atoms with Crippen LogP contribution in [0.15, 0.2) is 48.8 Å². The first-order valence-electron chi connectivity index (χ1n) is 15.8. The van der Waals surface area contributed by atoms with Gasteiger partial charge in [-0.15, -0.1) is 0 Å². The summed E-state index contributed by atoms with van der Waals surface area (Å²) in [6.45, 7) is 4.62. The van der Waals surface area contributed by atoms with Crippen molar-refractivity contribution in [3.05, 3.63) is 72.1 Å². The molecule has 3 N–H and O–H groups in total. The highest BCUT2D eigenvalue weighted by molar-refractivity contribution is 5.85. The highest BCUT2D eigenvalue weighted by Crippen LogP contribution is 2.35. The van der Waals surface area contributed by atoms with E-state index in [1.807, 2.05) is 11.8 Å². The maximum absolute atomic E-state index is 15.5. The molecule has 2 aromatic carbocycles. The van der Waals surface area contributed by atoms with Gasteiger partial charge in [-0.25, -0.2) is 23.5 Å². The Balaban J connectivity index is 1.17. The topological polar surface area (TPSA) is 136 Å². The number of halogens is 2. The van der Waals surface area contributed by atoms with E-state index in [9.17, 15) is 14.4 Å². The van der Waals surface area contributed by atoms with Crippen molar-refractivity contribution in [2.24, 2.45) is 0 Å². The van der Waals surface area contributed by atoms with E-state index in [1.165, 1.54) is 25.4 Å². The summed E-state index contributed by atoms with van der Waals surface area (Å²) < 4.78 is 35.5. The summed E-state index contributed by atoms with van der Waals surface area (Å²) in [5.41, 5.74) is 2.58. The standard InChI is InChI=1S/C34H37F2N7O4/c1-4-30(44)42-13-5-7-28(42)31-37-17-26(40-31)22-11-9-20(15-24(22)35)21-10-12-23(25(36)16-21)27-18-38-32(41-27)29-8-6-14-43(29)33(45)19(2)39-34(46)47-3/h9-12,15-19,28-29H,4-8,13-14H2,1-3H3,(H,37,40)(H,38,41)(H,39,46)/t19-,28-,29-/m0/s1. The Kier molecular flexibility index (Phi) is 9.06. The predicted molar refractivity (Wildman–Crippen MR) is 170 cm³/mol. The van der Waals surface area contributed by atoms with Gasteiger partial charge in [-0.1, -0.05) is 19.1 Å². The molecular weight excluding hydrogens is 608 g/mol. The number of carbonyl (C=O) groups excluding carboxylic acids is 3. The molecule has 4 aromatic rings. The second kappa shape index (κ2) is 13.3. The number of amides is 3. The van der Waals surface area contributed by atoms with Crippen molar-refractivity contribution in [3.63, 3.8) is 0 Å². The number of hydrogen-bond acceptors (Lipinski definition) is 6. The van der Waals surface area contributed by atoms with Gasteiger partial charge in [-0.2, -0.15) is 0 Å². The molecule has 0 radical (unpaired) electrons. The molecule has 0 unspecified atom stereocenters. The van der Waals surface area contributed by atoms with Crippen LogP contribution in [-0.4, -0.2) is 73.9 Å². The third kappa shape index (κ3) is 6.34. The number of benzene rings is 2. The molecule has 4 heterocycles. The summed E-state index contributed by atoms with van der Waals surface area (Å²) in [5, 5.41) is 2.50. The largest absolute Gasteiger partial charge is 0.453 e. The number of carbonyl (C=O) groups is 3. The minimum atomic E-state index is -0.779. The molecule has 0 saturated carbocycles. The third-order valence-electron chi connectivity index (χ3n) is 8.98. The van der Waals surface area contributed by atoms with Crippen molar-refractivity contribution in [1.29, 1.82) is 0 Å². The lowest BCUT2D eigenvalue weighted by Crippen LogP contribution is -2.46. The quantitative estimate of drug-likeness (QED) is 0.219. The van der Waals surface area contributed by atoms with Crippen LogP contribution in [0.1, 0.15) is 69.7 Å². The van der Waals surface area contributed by atoms with Gasteiger partial charge in [0.1, 0.15) is 29.3 Å². The summed E-state index contributed by atoms with van der Waals surface area (Å²) >= 11 is 0. The number of hydrogen-bond donors (Lipinski definition) is 3. The van der Waals surface area contributed by atoms with Gasteiger partial charge in [0.15, 0.2) is 0 Å². The fourth-order valence-electron chi connectivity index (χ4n) is 6.53. The molecule has 2 aliphatic heterocycles. The first kappa shape index (κ1) is 31.9. The van der Waals surface area contributed by atoms with Crippen LogP contribution in [0.25, 0.3) is 33.6 Å². The van der Waals surface area contributed by atoms with Crippen LogP contribution in [0.3, 0.4) is 0 Å². The molecule has 2 fully saturated rings. The average Bonchev–Trinajstić information content (AvgIpc) is 3.90. The third-order valence-corrected chi connectivity index (χ3v) is 8.98. The number of alkyl carbamates (subject to hydrolysis) is 1. The van der Waals surface area contributed by atoms with E-state index >= 15 is 8.78 Å². The lowest BCUT2D eigenvalue weighted by Gasteiger charge is -2.26. The Morgan fingerprint density at radius 2 is 1.40 bits per heavy atom. The molecule has 11 nitrogen and oxygen atoms in total. The fraction of sp³-hybridized carbons (Fsp3) is 0.382. The van der Waals surface area contributed by atoms with Gasteiger partial charge in [-0.05, 0) is 68.0 Å². The number of nitrogens with zero attached hydrogens (tertiary/aromatic N) is 4. The number of methoxy groups -OCH3 is 1. The summed E-state index contributed by atoms with van der Waals surface area (Å²) in [4.78, 5) is 55.7. The van der Waals surface area contributed by atoms with Crippen LogP contribution in [0.2, 0.25) is 0 Å². The maximum atomic E-state index is 15.5. The Morgan fingerprint density at radius 1 is 0.894 bits per heavy atom. The van der Waals surface area contributed by atoms with E-state index in [1.54, 1.807) is 42.3 Å². The van der Waals surface area contributed by atoms with Gasteiger partial charge < -0.3 is 29.8 Å². The van der Waals surface area contributed by atoms with E-state index in [4.69, 9.17) is 0 Å². The molecule has 3 amide bonds. The van der Waals surface area contributed by atoms with E-state index in [2.05, 4.69) is 30.0 Å². The normalized spacial score (nSPS) is 18.4. The van der Waals surface area contributed by atoms with E-state index < -0.39 is 23.8 Å². The molecule has 2 saturated heterocycles. The van der Waals surface area contributed by atoms with Crippen molar-refractivity contribution in [2.45, 2.75) is 64.1 Å². The Morgan fingerprint density at radius 3 is 1.89 bits per heavy atom. The van der Waals surface area contributed by atoms with Crippen molar-refractivity contribution in [2.75, 3.05) is 20.2 Å². The number of nitrogens with one attached hydrogen (secondary N) is 3. The van der Waals surface area contributed by atoms with Gasteiger partial charge in [0, 0.05) is 30.6 Å². The summed E-state index contributed by atoms with van der Waals surface area (Å²) in [6, 6.07) is 8.13. The fourth-order valence-corrected chi connectivity index (χ4v) is 6.53. The van der Waals surface area contributed by atoms with Crippen molar-refractivity contribution < 1.29 is 27.9 Å². The highest BCUT2D eigenvalue weighted by atomic mass is 19.1. The second-order valence-electron chi connectivity index (χ2n) is 11.9. The lowest BCUT2D eigenvalue weighted by atomic mass is 10.00. The first-order chi connectivity index (χ1) is 22.7. The number of aromatic nitrogens is 4. The number of imidazole rings is 2. The first-order valence-corrected chi connectivity index (χ1v) is 15.8. The zero-order valence-corrected chi connectivity index (χ0v) is 26.5. The number of rotatable bonds is 8. The molecule has 0 bridgehead atoms. The van der Waals surface area contributed by atoms with Gasteiger partial charge in [0.2, 0.25) is 11.8 Å². The van der Waals surface area contributed by atoms with Crippen LogP contribution < -0.4 is 5.32 Å².